The fourth-order valence-electron chi connectivity index (χ4n) is 0.258. The Kier molecular flexibility index (Phi) is 7.72. The van der Waals surface area contributed by atoms with Crippen LogP contribution in [0.3, 0.4) is 0 Å². The summed E-state index contributed by atoms with van der Waals surface area (Å²) in [6.07, 6.45) is -0.505. The van der Waals surface area contributed by atoms with Crippen molar-refractivity contribution in [3.63, 3.8) is 0 Å². The Morgan fingerprint density at radius 3 is 1.80 bits per heavy atom. The molecule has 0 fully saturated rings. The fraction of sp³-hybridized carbons (Fsp3) is 0.200. The molecule has 0 radical (unpaired) electrons. The Bertz CT molecular complexity index is 163. The molecule has 0 bridgehead atoms. The van der Waals surface area contributed by atoms with Gasteiger partial charge < -0.3 is 10.2 Å². The van der Waals surface area contributed by atoms with E-state index in [-0.39, 0.29) is 54.5 Å². The van der Waals surface area contributed by atoms with Crippen molar-refractivity contribution >= 4 is 60.8 Å². The molecule has 0 rings (SSSR count). The van der Waals surface area contributed by atoms with E-state index >= 15 is 0 Å². The third-order valence-electron chi connectivity index (χ3n) is 0.667. The van der Waals surface area contributed by atoms with Gasteiger partial charge in [0.05, 0.1) is 6.42 Å². The second-order valence-electron chi connectivity index (χ2n) is 1.48. The summed E-state index contributed by atoms with van der Waals surface area (Å²) in [6.45, 7) is 3.01. The third-order valence-corrected chi connectivity index (χ3v) is 0.667. The maximum absolute atomic E-state index is 9.87. The van der Waals surface area contributed by atoms with Crippen molar-refractivity contribution in [3.05, 3.63) is 12.2 Å². The zero-order chi connectivity index (χ0) is 7.44. The summed E-state index contributed by atoms with van der Waals surface area (Å²) in [5, 5.41) is 16.1. The number of carboxylic acid groups (broad SMARTS) is 2. The van der Waals surface area contributed by atoms with Crippen molar-refractivity contribution in [1.29, 1.82) is 0 Å². The zero-order valence-corrected chi connectivity index (χ0v) is 4.63. The van der Waals surface area contributed by atoms with Crippen LogP contribution < -0.4 is 0 Å². The number of aliphatic carboxylic acids is 2. The average molecular weight is 269 g/mol. The van der Waals surface area contributed by atoms with Crippen molar-refractivity contribution in [2.75, 3.05) is 0 Å². The summed E-state index contributed by atoms with van der Waals surface area (Å²) in [6, 6.07) is 0. The van der Waals surface area contributed by atoms with E-state index < -0.39 is 18.4 Å². The van der Waals surface area contributed by atoms with Gasteiger partial charge in [0.15, 0.2) is 0 Å². The minimum absolute atomic E-state index is 0. The SMILES string of the molecule is C=C(CC(=O)O)C(=O)O.[BaH2]. The summed E-state index contributed by atoms with van der Waals surface area (Å²) in [7, 11) is 0. The predicted octanol–water partition coefficient (Wildman–Crippen LogP) is -0.814. The van der Waals surface area contributed by atoms with Gasteiger partial charge >= 0.3 is 60.8 Å². The second-order valence-corrected chi connectivity index (χ2v) is 1.48. The molecule has 0 aromatic heterocycles. The summed E-state index contributed by atoms with van der Waals surface area (Å²) in [4.78, 5) is 19.7. The van der Waals surface area contributed by atoms with Gasteiger partial charge in [0.25, 0.3) is 0 Å². The molecule has 0 aliphatic rings. The minimum atomic E-state index is -1.27. The molecule has 10 heavy (non-hydrogen) atoms. The van der Waals surface area contributed by atoms with E-state index in [2.05, 4.69) is 6.58 Å². The number of carboxylic acids is 2. The van der Waals surface area contributed by atoms with Crippen LogP contribution in [-0.2, 0) is 9.59 Å². The van der Waals surface area contributed by atoms with Crippen LogP contribution in [0, 0.1) is 0 Å². The molecule has 0 spiro atoms. The second kappa shape index (κ2) is 5.99. The molecule has 0 atom stereocenters. The molecular weight excluding hydrogens is 261 g/mol. The van der Waals surface area contributed by atoms with Gasteiger partial charge in [0.2, 0.25) is 0 Å². The van der Waals surface area contributed by atoms with Crippen molar-refractivity contribution < 1.29 is 19.8 Å². The molecule has 54 valence electrons. The van der Waals surface area contributed by atoms with Crippen LogP contribution in [0.15, 0.2) is 12.2 Å². The Morgan fingerprint density at radius 1 is 1.30 bits per heavy atom. The first kappa shape index (κ1) is 12.9. The maximum atomic E-state index is 9.87. The number of hydrogen-bond donors (Lipinski definition) is 2. The van der Waals surface area contributed by atoms with E-state index in [0.29, 0.717) is 0 Å². The summed E-state index contributed by atoms with van der Waals surface area (Å²) in [5.74, 6) is -2.44. The molecule has 0 aromatic carbocycles. The first-order valence-corrected chi connectivity index (χ1v) is 2.17. The topological polar surface area (TPSA) is 74.6 Å². The Labute approximate surface area is 98.0 Å². The molecule has 4 nitrogen and oxygen atoms in total. The van der Waals surface area contributed by atoms with E-state index in [1.807, 2.05) is 0 Å². The quantitative estimate of drug-likeness (QED) is 0.519. The molecule has 0 aromatic rings. The molecular formula is C5H8BaO4. The molecule has 2 N–H and O–H groups in total. The number of carbonyl (C=O) groups is 2. The van der Waals surface area contributed by atoms with Crippen LogP contribution in [0.2, 0.25) is 0 Å². The first-order valence-electron chi connectivity index (χ1n) is 2.17. The zero-order valence-electron chi connectivity index (χ0n) is 4.63. The normalized spacial score (nSPS) is 7.60. The van der Waals surface area contributed by atoms with Crippen LogP contribution in [0.1, 0.15) is 6.42 Å². The van der Waals surface area contributed by atoms with Crippen molar-refractivity contribution in [2.45, 2.75) is 6.42 Å². The summed E-state index contributed by atoms with van der Waals surface area (Å²) < 4.78 is 0. The van der Waals surface area contributed by atoms with Crippen LogP contribution in [0.4, 0.5) is 0 Å². The van der Waals surface area contributed by atoms with Gasteiger partial charge in [-0.05, 0) is 0 Å². The number of rotatable bonds is 3. The Morgan fingerprint density at radius 2 is 1.70 bits per heavy atom. The van der Waals surface area contributed by atoms with Gasteiger partial charge in [-0.15, -0.1) is 0 Å². The fourth-order valence-corrected chi connectivity index (χ4v) is 0.258. The molecule has 0 aliphatic carbocycles. The van der Waals surface area contributed by atoms with E-state index in [0.717, 1.165) is 0 Å². The van der Waals surface area contributed by atoms with Crippen LogP contribution in [-0.4, -0.2) is 71.0 Å². The molecule has 0 aliphatic heterocycles. The van der Waals surface area contributed by atoms with Gasteiger partial charge in [0.1, 0.15) is 0 Å². The van der Waals surface area contributed by atoms with Gasteiger partial charge in [-0.1, -0.05) is 6.58 Å². The molecule has 0 heterocycles. The Hall–Kier alpha value is 0.251. The van der Waals surface area contributed by atoms with Gasteiger partial charge in [0, 0.05) is 5.57 Å². The van der Waals surface area contributed by atoms with Gasteiger partial charge in [-0.25, -0.2) is 4.79 Å². The summed E-state index contributed by atoms with van der Waals surface area (Å²) in [5.41, 5.74) is -0.303. The van der Waals surface area contributed by atoms with Crippen LogP contribution in [0.5, 0.6) is 0 Å². The predicted molar refractivity (Wildman–Crippen MR) is 37.6 cm³/mol. The van der Waals surface area contributed by atoms with Crippen LogP contribution >= 0.6 is 0 Å². The average Bonchev–Trinajstić information content (AvgIpc) is 1.63. The standard InChI is InChI=1S/C5H6O4.Ba.2H/c1-3(5(8)9)2-4(6)7;;;/h1-2H2,(H,6,7)(H,8,9);;;. The van der Waals surface area contributed by atoms with Crippen LogP contribution in [0.25, 0.3) is 0 Å². The van der Waals surface area contributed by atoms with E-state index in [1.165, 1.54) is 0 Å². The molecule has 5 heteroatoms. The van der Waals surface area contributed by atoms with Crippen molar-refractivity contribution in [1.82, 2.24) is 0 Å². The third kappa shape index (κ3) is 6.37. The van der Waals surface area contributed by atoms with E-state index in [1.54, 1.807) is 0 Å². The first-order chi connectivity index (χ1) is 4.04. The summed E-state index contributed by atoms with van der Waals surface area (Å²) >= 11 is 0. The van der Waals surface area contributed by atoms with Crippen molar-refractivity contribution in [3.8, 4) is 0 Å². The van der Waals surface area contributed by atoms with E-state index in [9.17, 15) is 9.59 Å². The number of hydrogen-bond acceptors (Lipinski definition) is 2. The molecule has 0 unspecified atom stereocenters. The van der Waals surface area contributed by atoms with Gasteiger partial charge in [-0.3, -0.25) is 4.79 Å². The van der Waals surface area contributed by atoms with E-state index in [4.69, 9.17) is 10.2 Å². The molecule has 0 amide bonds. The van der Waals surface area contributed by atoms with Gasteiger partial charge in [-0.2, -0.15) is 0 Å². The molecule has 0 saturated heterocycles. The van der Waals surface area contributed by atoms with Crippen molar-refractivity contribution in [2.24, 2.45) is 0 Å². The molecule has 0 saturated carbocycles. The monoisotopic (exact) mass is 270 g/mol. The Balaban J connectivity index is 0.